The van der Waals surface area contributed by atoms with Gasteiger partial charge in [0.1, 0.15) is 0 Å². The molecule has 7 heteroatoms. The third kappa shape index (κ3) is 3.19. The Balaban J connectivity index is 2.91. The molecule has 0 saturated heterocycles. The summed E-state index contributed by atoms with van der Waals surface area (Å²) in [6.45, 7) is 1.69. The number of nitrogens with one attached hydrogen (secondary N) is 1. The highest BCUT2D eigenvalue weighted by Crippen LogP contribution is 2.18. The van der Waals surface area contributed by atoms with Crippen molar-refractivity contribution in [2.24, 2.45) is 11.7 Å². The summed E-state index contributed by atoms with van der Waals surface area (Å²) in [5, 5.41) is 2.23. The number of carbonyl (C=O) groups excluding carboxylic acids is 1. The highest BCUT2D eigenvalue weighted by atomic mass is 32.1. The Labute approximate surface area is 107 Å². The molecule has 0 aliphatic rings. The number of carbonyl (C=O) groups is 1. The average molecular weight is 276 g/mol. The number of anilines is 1. The van der Waals surface area contributed by atoms with Crippen LogP contribution < -0.4 is 11.1 Å². The van der Waals surface area contributed by atoms with Gasteiger partial charge >= 0.3 is 0 Å². The second kappa shape index (κ2) is 5.81. The standard InChI is InChI=1S/C11H11F3N2OS/c1-2-6(10(15)18)11(17)16-5-3-7(12)9(14)8(13)4-5/h3-4,6H,2H2,1H3,(H2,15,18)(H,16,17). The number of halogens is 3. The SMILES string of the molecule is CCC(C(=O)Nc1cc(F)c(F)c(F)c1)C(N)=S. The van der Waals surface area contributed by atoms with Crippen molar-refractivity contribution in [1.29, 1.82) is 0 Å². The van der Waals surface area contributed by atoms with E-state index in [-0.39, 0.29) is 10.7 Å². The molecule has 0 heterocycles. The van der Waals surface area contributed by atoms with Crippen LogP contribution in [-0.4, -0.2) is 10.9 Å². The van der Waals surface area contributed by atoms with Crippen molar-refractivity contribution in [2.75, 3.05) is 5.32 Å². The van der Waals surface area contributed by atoms with Gasteiger partial charge in [0.2, 0.25) is 5.91 Å². The molecular weight excluding hydrogens is 265 g/mol. The van der Waals surface area contributed by atoms with E-state index in [2.05, 4.69) is 17.5 Å². The molecule has 98 valence electrons. The lowest BCUT2D eigenvalue weighted by molar-refractivity contribution is -0.118. The molecule has 0 saturated carbocycles. The summed E-state index contributed by atoms with van der Waals surface area (Å²) < 4.78 is 38.5. The summed E-state index contributed by atoms with van der Waals surface area (Å²) in [6, 6.07) is 1.37. The Kier molecular flexibility index (Phi) is 4.66. The quantitative estimate of drug-likeness (QED) is 0.655. The second-order valence-corrected chi connectivity index (χ2v) is 4.08. The first-order valence-corrected chi connectivity index (χ1v) is 5.52. The largest absolute Gasteiger partial charge is 0.393 e. The van der Waals surface area contributed by atoms with Crippen LogP contribution >= 0.6 is 12.2 Å². The van der Waals surface area contributed by atoms with Gasteiger partial charge in [-0.25, -0.2) is 13.2 Å². The van der Waals surface area contributed by atoms with Gasteiger partial charge in [-0.05, 0) is 6.42 Å². The van der Waals surface area contributed by atoms with Gasteiger partial charge in [0.05, 0.1) is 10.9 Å². The fourth-order valence-electron chi connectivity index (χ4n) is 1.37. The van der Waals surface area contributed by atoms with Crippen LogP contribution in [-0.2, 0) is 4.79 Å². The van der Waals surface area contributed by atoms with E-state index in [0.29, 0.717) is 18.6 Å². The van der Waals surface area contributed by atoms with Crippen LogP contribution in [0.5, 0.6) is 0 Å². The molecule has 1 aromatic rings. The van der Waals surface area contributed by atoms with Crippen LogP contribution in [0.3, 0.4) is 0 Å². The molecule has 0 radical (unpaired) electrons. The fourth-order valence-corrected chi connectivity index (χ4v) is 1.65. The molecule has 18 heavy (non-hydrogen) atoms. The predicted octanol–water partition coefficient (Wildman–Crippen LogP) is 2.35. The molecule has 0 spiro atoms. The smallest absolute Gasteiger partial charge is 0.234 e. The number of benzene rings is 1. The van der Waals surface area contributed by atoms with Crippen molar-refractivity contribution in [2.45, 2.75) is 13.3 Å². The Morgan fingerprint density at radius 3 is 2.28 bits per heavy atom. The van der Waals surface area contributed by atoms with Gasteiger partial charge in [-0.15, -0.1) is 0 Å². The van der Waals surface area contributed by atoms with Crippen molar-refractivity contribution in [3.05, 3.63) is 29.6 Å². The first-order valence-electron chi connectivity index (χ1n) is 5.11. The molecule has 1 aromatic carbocycles. The van der Waals surface area contributed by atoms with Gasteiger partial charge in [0.15, 0.2) is 17.5 Å². The maximum atomic E-state index is 12.9. The van der Waals surface area contributed by atoms with E-state index in [0.717, 1.165) is 0 Å². The van der Waals surface area contributed by atoms with Crippen LogP contribution in [0.4, 0.5) is 18.9 Å². The molecule has 1 amide bonds. The van der Waals surface area contributed by atoms with Crippen LogP contribution in [0.1, 0.15) is 13.3 Å². The van der Waals surface area contributed by atoms with E-state index in [1.165, 1.54) is 0 Å². The molecule has 3 N–H and O–H groups in total. The zero-order valence-corrected chi connectivity index (χ0v) is 10.3. The zero-order valence-electron chi connectivity index (χ0n) is 9.47. The monoisotopic (exact) mass is 276 g/mol. The Hall–Kier alpha value is -1.63. The van der Waals surface area contributed by atoms with E-state index >= 15 is 0 Å². The minimum absolute atomic E-state index is 0.0157. The minimum Gasteiger partial charge on any atom is -0.393 e. The molecule has 0 aliphatic carbocycles. The molecule has 0 bridgehead atoms. The predicted molar refractivity (Wildman–Crippen MR) is 65.5 cm³/mol. The van der Waals surface area contributed by atoms with E-state index in [9.17, 15) is 18.0 Å². The first-order chi connectivity index (χ1) is 8.36. The number of thiocarbonyl (C=S) groups is 1. The maximum absolute atomic E-state index is 12.9. The Morgan fingerprint density at radius 2 is 1.89 bits per heavy atom. The van der Waals surface area contributed by atoms with E-state index in [1.54, 1.807) is 6.92 Å². The van der Waals surface area contributed by atoms with Crippen molar-refractivity contribution >= 4 is 28.8 Å². The van der Waals surface area contributed by atoms with Crippen molar-refractivity contribution in [3.63, 3.8) is 0 Å². The lowest BCUT2D eigenvalue weighted by atomic mass is 10.1. The van der Waals surface area contributed by atoms with Gasteiger partial charge in [-0.2, -0.15) is 0 Å². The molecule has 3 nitrogen and oxygen atoms in total. The van der Waals surface area contributed by atoms with Gasteiger partial charge in [-0.1, -0.05) is 19.1 Å². The lowest BCUT2D eigenvalue weighted by Gasteiger charge is -2.13. The van der Waals surface area contributed by atoms with Crippen LogP contribution in [0.2, 0.25) is 0 Å². The first kappa shape index (κ1) is 14.4. The number of hydrogen-bond acceptors (Lipinski definition) is 2. The zero-order chi connectivity index (χ0) is 13.9. The van der Waals surface area contributed by atoms with Gasteiger partial charge in [-0.3, -0.25) is 4.79 Å². The van der Waals surface area contributed by atoms with Crippen molar-refractivity contribution in [3.8, 4) is 0 Å². The third-order valence-electron chi connectivity index (χ3n) is 2.32. The maximum Gasteiger partial charge on any atom is 0.234 e. The number of amides is 1. The van der Waals surface area contributed by atoms with Crippen molar-refractivity contribution in [1.82, 2.24) is 0 Å². The summed E-state index contributed by atoms with van der Waals surface area (Å²) in [5.41, 5.74) is 5.16. The van der Waals surface area contributed by atoms with Crippen LogP contribution in [0, 0.1) is 23.4 Å². The van der Waals surface area contributed by atoms with E-state index < -0.39 is 29.3 Å². The number of hydrogen-bond donors (Lipinski definition) is 2. The van der Waals surface area contributed by atoms with E-state index in [1.807, 2.05) is 0 Å². The summed E-state index contributed by atoms with van der Waals surface area (Å²) in [5.74, 6) is -5.68. The highest BCUT2D eigenvalue weighted by molar-refractivity contribution is 7.80. The highest BCUT2D eigenvalue weighted by Gasteiger charge is 2.20. The Morgan fingerprint density at radius 1 is 1.39 bits per heavy atom. The van der Waals surface area contributed by atoms with Gasteiger partial charge in [0, 0.05) is 17.8 Å². The molecule has 0 aromatic heterocycles. The minimum atomic E-state index is -1.59. The van der Waals surface area contributed by atoms with Gasteiger partial charge in [0.25, 0.3) is 0 Å². The van der Waals surface area contributed by atoms with Crippen LogP contribution in [0.15, 0.2) is 12.1 Å². The van der Waals surface area contributed by atoms with Crippen molar-refractivity contribution < 1.29 is 18.0 Å². The summed E-state index contributed by atoms with van der Waals surface area (Å²) in [4.78, 5) is 11.7. The normalized spacial score (nSPS) is 12.0. The molecule has 1 atom stereocenters. The third-order valence-corrected chi connectivity index (χ3v) is 2.60. The Bertz CT molecular complexity index is 470. The molecule has 1 unspecified atom stereocenters. The number of rotatable bonds is 4. The summed E-state index contributed by atoms with van der Waals surface area (Å²) in [7, 11) is 0. The summed E-state index contributed by atoms with van der Waals surface area (Å²) >= 11 is 4.69. The van der Waals surface area contributed by atoms with Gasteiger partial charge < -0.3 is 11.1 Å². The second-order valence-electron chi connectivity index (χ2n) is 3.61. The van der Waals surface area contributed by atoms with E-state index in [4.69, 9.17) is 5.73 Å². The topological polar surface area (TPSA) is 55.1 Å². The molecule has 0 fully saturated rings. The molecule has 0 aliphatic heterocycles. The average Bonchev–Trinajstić information content (AvgIpc) is 2.26. The fraction of sp³-hybridized carbons (Fsp3) is 0.273. The van der Waals surface area contributed by atoms with Crippen LogP contribution in [0.25, 0.3) is 0 Å². The lowest BCUT2D eigenvalue weighted by Crippen LogP contribution is -2.32. The number of nitrogens with two attached hydrogens (primary N) is 1. The molecular formula is C11H11F3N2OS. The summed E-state index contributed by atoms with van der Waals surface area (Å²) in [6.07, 6.45) is 0.354. The molecule has 1 rings (SSSR count).